The first-order valence-electron chi connectivity index (χ1n) is 7.49. The number of carbonyl (C=O) groups is 1. The lowest BCUT2D eigenvalue weighted by atomic mass is 10.2. The Morgan fingerprint density at radius 3 is 2.58 bits per heavy atom. The van der Waals surface area contributed by atoms with Crippen LogP contribution in [0.1, 0.15) is 11.3 Å². The van der Waals surface area contributed by atoms with Crippen LogP contribution in [-0.2, 0) is 18.0 Å². The van der Waals surface area contributed by atoms with Crippen LogP contribution in [0.25, 0.3) is 10.9 Å². The molecule has 0 aliphatic rings. The number of hydrogen-bond donors (Lipinski definition) is 2. The number of benzene rings is 2. The van der Waals surface area contributed by atoms with E-state index in [1.54, 1.807) is 5.48 Å². The summed E-state index contributed by atoms with van der Waals surface area (Å²) in [5.41, 5.74) is 4.03. The van der Waals surface area contributed by atoms with Crippen molar-refractivity contribution >= 4 is 16.9 Å². The van der Waals surface area contributed by atoms with Crippen molar-refractivity contribution in [2.45, 2.75) is 13.2 Å². The molecule has 0 atom stereocenters. The van der Waals surface area contributed by atoms with E-state index in [0.29, 0.717) is 5.69 Å². The largest absolute Gasteiger partial charge is 0.365 e. The normalized spacial score (nSPS) is 10.5. The number of nitrogens with zero attached hydrogens (tertiary/aromatic N) is 2. The average Bonchev–Trinajstić information content (AvgIpc) is 2.65. The molecule has 0 saturated carbocycles. The van der Waals surface area contributed by atoms with Crippen LogP contribution in [0.3, 0.4) is 0 Å². The molecule has 0 radical (unpaired) electrons. The molecule has 0 fully saturated rings. The number of hydroxylamine groups is 3. The molecule has 1 heterocycles. The maximum absolute atomic E-state index is 11.8. The van der Waals surface area contributed by atoms with Crippen LogP contribution in [0.15, 0.2) is 66.7 Å². The number of aromatic nitrogens is 1. The van der Waals surface area contributed by atoms with Gasteiger partial charge in [-0.25, -0.2) is 10.3 Å². The topological polar surface area (TPSA) is 74.7 Å². The first kappa shape index (κ1) is 15.9. The fraction of sp³-hybridized carbons (Fsp3) is 0.111. The highest BCUT2D eigenvalue weighted by molar-refractivity contribution is 5.78. The smallest absolute Gasteiger partial charge is 0.287 e. The molecule has 1 aromatic heterocycles. The van der Waals surface area contributed by atoms with Crippen LogP contribution < -0.4 is 5.48 Å². The van der Waals surface area contributed by atoms with E-state index in [4.69, 9.17) is 10.0 Å². The molecule has 0 spiro atoms. The molecule has 6 nitrogen and oxygen atoms in total. The van der Waals surface area contributed by atoms with E-state index in [-0.39, 0.29) is 13.2 Å². The second-order valence-electron chi connectivity index (χ2n) is 5.21. The molecule has 3 aromatic rings. The summed E-state index contributed by atoms with van der Waals surface area (Å²) >= 11 is 0. The summed E-state index contributed by atoms with van der Waals surface area (Å²) in [6.07, 6.45) is 0. The minimum Gasteiger partial charge on any atom is -0.287 e. The molecule has 2 amide bonds. The third kappa shape index (κ3) is 3.87. The molecule has 0 unspecified atom stereocenters. The number of hydrogen-bond acceptors (Lipinski definition) is 4. The highest BCUT2D eigenvalue weighted by atomic mass is 16.7. The van der Waals surface area contributed by atoms with Gasteiger partial charge in [0.05, 0.1) is 17.8 Å². The van der Waals surface area contributed by atoms with E-state index in [1.807, 2.05) is 66.7 Å². The lowest BCUT2D eigenvalue weighted by Crippen LogP contribution is -2.37. The van der Waals surface area contributed by atoms with Crippen LogP contribution in [0.4, 0.5) is 4.79 Å². The summed E-state index contributed by atoms with van der Waals surface area (Å²) in [4.78, 5) is 21.8. The van der Waals surface area contributed by atoms with Gasteiger partial charge in [0.15, 0.2) is 0 Å². The van der Waals surface area contributed by atoms with E-state index in [9.17, 15) is 4.79 Å². The molecular formula is C18H17N3O3. The Morgan fingerprint density at radius 1 is 1.04 bits per heavy atom. The fourth-order valence-electron chi connectivity index (χ4n) is 2.31. The molecule has 0 bridgehead atoms. The molecule has 0 saturated heterocycles. The monoisotopic (exact) mass is 323 g/mol. The molecule has 0 aliphatic heterocycles. The van der Waals surface area contributed by atoms with Crippen molar-refractivity contribution < 1.29 is 14.8 Å². The number of amides is 2. The third-order valence-corrected chi connectivity index (χ3v) is 3.52. The highest BCUT2D eigenvalue weighted by Gasteiger charge is 2.15. The van der Waals surface area contributed by atoms with Gasteiger partial charge in [-0.2, -0.15) is 5.06 Å². The zero-order valence-corrected chi connectivity index (χ0v) is 12.9. The van der Waals surface area contributed by atoms with Crippen molar-refractivity contribution in [3.8, 4) is 0 Å². The Morgan fingerprint density at radius 2 is 1.79 bits per heavy atom. The maximum Gasteiger partial charge on any atom is 0.365 e. The summed E-state index contributed by atoms with van der Waals surface area (Å²) in [5, 5.41) is 11.0. The van der Waals surface area contributed by atoms with Gasteiger partial charge in [-0.3, -0.25) is 15.0 Å². The fourth-order valence-corrected chi connectivity index (χ4v) is 2.31. The van der Waals surface area contributed by atoms with Gasteiger partial charge in [0.25, 0.3) is 0 Å². The second kappa shape index (κ2) is 7.54. The lowest BCUT2D eigenvalue weighted by molar-refractivity contribution is -0.141. The number of fused-ring (bicyclic) bond motifs is 1. The van der Waals surface area contributed by atoms with Gasteiger partial charge >= 0.3 is 6.03 Å². The third-order valence-electron chi connectivity index (χ3n) is 3.52. The average molecular weight is 323 g/mol. The quantitative estimate of drug-likeness (QED) is 0.558. The van der Waals surface area contributed by atoms with E-state index in [1.165, 1.54) is 0 Å². The van der Waals surface area contributed by atoms with Crippen molar-refractivity contribution in [1.29, 1.82) is 0 Å². The van der Waals surface area contributed by atoms with Gasteiger partial charge in [-0.1, -0.05) is 54.6 Å². The number of nitrogens with one attached hydrogen (secondary N) is 1. The maximum atomic E-state index is 11.8. The molecule has 6 heteroatoms. The van der Waals surface area contributed by atoms with Crippen molar-refractivity contribution in [2.24, 2.45) is 0 Å². The summed E-state index contributed by atoms with van der Waals surface area (Å²) < 4.78 is 0. The highest BCUT2D eigenvalue weighted by Crippen LogP contribution is 2.13. The van der Waals surface area contributed by atoms with Crippen LogP contribution in [0.2, 0.25) is 0 Å². The summed E-state index contributed by atoms with van der Waals surface area (Å²) in [5.74, 6) is 0. The minimum atomic E-state index is -0.736. The molecule has 3 rings (SSSR count). The Kier molecular flexibility index (Phi) is 5.00. The van der Waals surface area contributed by atoms with Crippen LogP contribution in [-0.4, -0.2) is 21.3 Å². The van der Waals surface area contributed by atoms with E-state index in [2.05, 4.69) is 4.98 Å². The van der Waals surface area contributed by atoms with Gasteiger partial charge < -0.3 is 0 Å². The van der Waals surface area contributed by atoms with Gasteiger partial charge in [0.2, 0.25) is 0 Å². The number of urea groups is 1. The van der Waals surface area contributed by atoms with Gasteiger partial charge in [0.1, 0.15) is 6.61 Å². The molecule has 2 aromatic carbocycles. The summed E-state index contributed by atoms with van der Waals surface area (Å²) in [6, 6.07) is 20.2. The van der Waals surface area contributed by atoms with E-state index in [0.717, 1.165) is 21.5 Å². The van der Waals surface area contributed by atoms with Crippen molar-refractivity contribution in [1.82, 2.24) is 15.5 Å². The zero-order chi connectivity index (χ0) is 16.8. The van der Waals surface area contributed by atoms with Crippen LogP contribution in [0, 0.1) is 0 Å². The van der Waals surface area contributed by atoms with Gasteiger partial charge in [-0.15, -0.1) is 0 Å². The molecule has 2 N–H and O–H groups in total. The Hall–Kier alpha value is -2.96. The SMILES string of the molecule is O=C(NO)N(Cc1ccccc1)OCc1ccc2ccccc2n1. The number of para-hydroxylation sites is 1. The predicted molar refractivity (Wildman–Crippen MR) is 88.8 cm³/mol. The molecule has 122 valence electrons. The van der Waals surface area contributed by atoms with E-state index >= 15 is 0 Å². The standard InChI is InChI=1S/C18H17N3O3/c22-18(20-23)21(12-14-6-2-1-3-7-14)24-13-16-11-10-15-8-4-5-9-17(15)19-16/h1-11,23H,12-13H2,(H,20,22). The van der Waals surface area contributed by atoms with Gasteiger partial charge in [-0.05, 0) is 17.7 Å². The Labute approximate surface area is 139 Å². The van der Waals surface area contributed by atoms with Crippen molar-refractivity contribution in [2.75, 3.05) is 0 Å². The van der Waals surface area contributed by atoms with Crippen LogP contribution in [0.5, 0.6) is 0 Å². The van der Waals surface area contributed by atoms with Crippen molar-refractivity contribution in [3.05, 3.63) is 78.0 Å². The summed E-state index contributed by atoms with van der Waals surface area (Å²) in [7, 11) is 0. The molecule has 24 heavy (non-hydrogen) atoms. The van der Waals surface area contributed by atoms with Crippen molar-refractivity contribution in [3.63, 3.8) is 0 Å². The number of pyridine rings is 1. The van der Waals surface area contributed by atoms with Gasteiger partial charge in [0, 0.05) is 5.39 Å². The Balaban J connectivity index is 1.71. The summed E-state index contributed by atoms with van der Waals surface area (Å²) in [6.45, 7) is 0.325. The zero-order valence-electron chi connectivity index (χ0n) is 12.9. The molecule has 0 aliphatic carbocycles. The first-order valence-corrected chi connectivity index (χ1v) is 7.49. The van der Waals surface area contributed by atoms with Crippen LogP contribution >= 0.6 is 0 Å². The predicted octanol–water partition coefficient (Wildman–Crippen LogP) is 3.27. The van der Waals surface area contributed by atoms with E-state index < -0.39 is 6.03 Å². The number of rotatable bonds is 5. The Bertz CT molecular complexity index is 824. The number of carbonyl (C=O) groups excluding carboxylic acids is 1. The first-order chi connectivity index (χ1) is 11.8. The minimum absolute atomic E-state index is 0.116. The second-order valence-corrected chi connectivity index (χ2v) is 5.21. The molecular weight excluding hydrogens is 306 g/mol. The lowest BCUT2D eigenvalue weighted by Gasteiger charge is -2.20.